The second-order valence-electron chi connectivity index (χ2n) is 10.8. The van der Waals surface area contributed by atoms with Gasteiger partial charge in [-0.3, -0.25) is 9.59 Å². The molecule has 10 heteroatoms. The Hall–Kier alpha value is -4.18. The molecular weight excluding hydrogens is 525 g/mol. The van der Waals surface area contributed by atoms with E-state index in [2.05, 4.69) is 11.4 Å². The molecule has 2 aliphatic heterocycles. The molecule has 0 radical (unpaired) electrons. The third kappa shape index (κ3) is 6.43. The Morgan fingerprint density at radius 3 is 2.76 bits per heavy atom. The van der Waals surface area contributed by atoms with Gasteiger partial charge in [0.15, 0.2) is 0 Å². The van der Waals surface area contributed by atoms with Crippen LogP contribution in [0, 0.1) is 5.82 Å². The van der Waals surface area contributed by atoms with Gasteiger partial charge in [0, 0.05) is 51.5 Å². The molecule has 2 heterocycles. The van der Waals surface area contributed by atoms with Gasteiger partial charge in [-0.25, -0.2) is 19.2 Å². The van der Waals surface area contributed by atoms with Crippen molar-refractivity contribution in [3.8, 4) is 0 Å². The maximum absolute atomic E-state index is 14.6. The van der Waals surface area contributed by atoms with Crippen molar-refractivity contribution in [2.45, 2.75) is 50.9 Å². The molecule has 0 bridgehead atoms. The number of hydrogen-bond acceptors (Lipinski definition) is 5. The number of nitrogens with one attached hydrogen (secondary N) is 1. The van der Waals surface area contributed by atoms with Gasteiger partial charge in [-0.05, 0) is 30.6 Å². The predicted molar refractivity (Wildman–Crippen MR) is 152 cm³/mol. The number of halogens is 1. The minimum atomic E-state index is -0.915. The molecular formula is C31H36FN5O4. The maximum Gasteiger partial charge on any atom is 0.334 e. The van der Waals surface area contributed by atoms with Gasteiger partial charge < -0.3 is 20.2 Å². The fraction of sp³-hybridized carbons (Fsp3) is 0.387. The van der Waals surface area contributed by atoms with E-state index in [1.54, 1.807) is 53.4 Å². The van der Waals surface area contributed by atoms with Gasteiger partial charge in [0.05, 0.1) is 12.3 Å². The molecule has 4 aliphatic rings. The van der Waals surface area contributed by atoms with Crippen molar-refractivity contribution in [1.29, 1.82) is 0 Å². The molecule has 2 fully saturated rings. The number of allylic oxidation sites excluding steroid dienone is 7. The number of fused-ring (bicyclic) bond motifs is 1. The fourth-order valence-corrected chi connectivity index (χ4v) is 5.77. The summed E-state index contributed by atoms with van der Waals surface area (Å²) in [4.78, 5) is 44.4. The van der Waals surface area contributed by atoms with Crippen molar-refractivity contribution < 1.29 is 23.9 Å². The number of likely N-dealkylation sites (N-methyl/N-ethyl adjacent to an activating group) is 1. The zero-order valence-corrected chi connectivity index (χ0v) is 23.2. The molecule has 0 spiro atoms. The van der Waals surface area contributed by atoms with Crippen molar-refractivity contribution in [1.82, 2.24) is 25.1 Å². The lowest BCUT2D eigenvalue weighted by atomic mass is 10.0. The second-order valence-corrected chi connectivity index (χ2v) is 10.8. The van der Waals surface area contributed by atoms with Crippen LogP contribution in [0.3, 0.4) is 0 Å². The third-order valence-corrected chi connectivity index (χ3v) is 7.88. The first kappa shape index (κ1) is 28.4. The number of carbonyl (C=O) groups excluding carboxylic acids is 3. The first-order chi connectivity index (χ1) is 19.8. The number of rotatable bonds is 6. The van der Waals surface area contributed by atoms with Crippen LogP contribution < -0.4 is 5.32 Å². The standard InChI is InChI=1S/C31H36FN5O4/c1-34-21-29(39)36-27(18-22-10-7-12-25(38)15-14-22)30(40)35(20-24-11-5-6-13-26(24)32)17-16-28(36)37(34)31(41)33-19-23-8-3-2-4-9-23/h2-3,5-8,10-11,13-15,27-28,38H,4,9,12,16-21H2,1H3,(H,33,41)/t27-,28?/m0/s1. The van der Waals surface area contributed by atoms with E-state index in [-0.39, 0.29) is 49.7 Å². The molecule has 1 unspecified atom stereocenters. The summed E-state index contributed by atoms with van der Waals surface area (Å²) in [5.41, 5.74) is 2.26. The van der Waals surface area contributed by atoms with Crippen LogP contribution in [0.25, 0.3) is 0 Å². The number of benzene rings is 1. The molecule has 2 saturated heterocycles. The Bertz CT molecular complexity index is 1350. The van der Waals surface area contributed by atoms with Crippen LogP contribution in [0.1, 0.15) is 37.7 Å². The number of amides is 4. The Balaban J connectivity index is 1.46. The summed E-state index contributed by atoms with van der Waals surface area (Å²) in [7, 11) is 1.69. The molecule has 5 rings (SSSR count). The summed E-state index contributed by atoms with van der Waals surface area (Å²) < 4.78 is 14.6. The normalized spacial score (nSPS) is 23.4. The van der Waals surface area contributed by atoms with Gasteiger partial charge in [-0.15, -0.1) is 0 Å². The van der Waals surface area contributed by atoms with E-state index < -0.39 is 18.0 Å². The lowest BCUT2D eigenvalue weighted by Gasteiger charge is -2.49. The number of hydrogen-bond donors (Lipinski definition) is 2. The van der Waals surface area contributed by atoms with Gasteiger partial charge in [-0.1, -0.05) is 60.2 Å². The average Bonchev–Trinajstić information content (AvgIpc) is 3.24. The van der Waals surface area contributed by atoms with Crippen molar-refractivity contribution in [3.63, 3.8) is 0 Å². The number of aliphatic hydroxyl groups is 1. The van der Waals surface area contributed by atoms with E-state index in [4.69, 9.17) is 0 Å². The number of carbonyl (C=O) groups is 3. The lowest BCUT2D eigenvalue weighted by molar-refractivity contribution is -0.170. The summed E-state index contributed by atoms with van der Waals surface area (Å²) in [6.45, 7) is 0.614. The second kappa shape index (κ2) is 12.6. The highest BCUT2D eigenvalue weighted by molar-refractivity contribution is 5.90. The van der Waals surface area contributed by atoms with Crippen LogP contribution in [0.5, 0.6) is 0 Å². The van der Waals surface area contributed by atoms with Crippen molar-refractivity contribution >= 4 is 17.8 Å². The summed E-state index contributed by atoms with van der Waals surface area (Å²) >= 11 is 0. The van der Waals surface area contributed by atoms with Gasteiger partial charge in [0.1, 0.15) is 18.0 Å². The largest absolute Gasteiger partial charge is 0.512 e. The topological polar surface area (TPSA) is 96.4 Å². The van der Waals surface area contributed by atoms with E-state index in [9.17, 15) is 23.9 Å². The molecule has 0 saturated carbocycles. The van der Waals surface area contributed by atoms with Gasteiger partial charge >= 0.3 is 6.03 Å². The van der Waals surface area contributed by atoms with Crippen molar-refractivity contribution in [3.05, 3.63) is 95.1 Å². The van der Waals surface area contributed by atoms with Crippen molar-refractivity contribution in [2.75, 3.05) is 26.7 Å². The Labute approximate surface area is 239 Å². The highest BCUT2D eigenvalue weighted by atomic mass is 19.1. The Morgan fingerprint density at radius 1 is 1.15 bits per heavy atom. The molecule has 2 atom stereocenters. The van der Waals surface area contributed by atoms with Crippen LogP contribution in [0.2, 0.25) is 0 Å². The number of nitrogens with zero attached hydrogens (tertiary/aromatic N) is 4. The fourth-order valence-electron chi connectivity index (χ4n) is 5.77. The quantitative estimate of drug-likeness (QED) is 0.549. The number of hydrazine groups is 1. The summed E-state index contributed by atoms with van der Waals surface area (Å²) in [5.74, 6) is -0.772. The highest BCUT2D eigenvalue weighted by Gasteiger charge is 2.48. The van der Waals surface area contributed by atoms with Crippen LogP contribution in [0.4, 0.5) is 9.18 Å². The smallest absolute Gasteiger partial charge is 0.334 e. The van der Waals surface area contributed by atoms with E-state index >= 15 is 0 Å². The minimum absolute atomic E-state index is 0.0516. The minimum Gasteiger partial charge on any atom is -0.512 e. The average molecular weight is 562 g/mol. The van der Waals surface area contributed by atoms with Crippen LogP contribution in [-0.4, -0.2) is 81.7 Å². The molecule has 9 nitrogen and oxygen atoms in total. The molecule has 1 aromatic rings. The van der Waals surface area contributed by atoms with E-state index in [0.717, 1.165) is 24.0 Å². The highest BCUT2D eigenvalue weighted by Crippen LogP contribution is 2.30. The summed E-state index contributed by atoms with van der Waals surface area (Å²) in [5, 5.41) is 16.1. The molecule has 2 aliphatic carbocycles. The Kier molecular flexibility index (Phi) is 8.68. The van der Waals surface area contributed by atoms with Gasteiger partial charge in [0.2, 0.25) is 11.8 Å². The summed E-state index contributed by atoms with van der Waals surface area (Å²) in [6, 6.07) is 5.07. The number of urea groups is 1. The predicted octanol–water partition coefficient (Wildman–Crippen LogP) is 3.95. The monoisotopic (exact) mass is 561 g/mol. The molecule has 2 N–H and O–H groups in total. The van der Waals surface area contributed by atoms with E-state index in [1.807, 2.05) is 18.2 Å². The maximum atomic E-state index is 14.6. The molecule has 0 aromatic heterocycles. The molecule has 41 heavy (non-hydrogen) atoms. The lowest BCUT2D eigenvalue weighted by Crippen LogP contribution is -2.69. The van der Waals surface area contributed by atoms with Gasteiger partial charge in [-0.2, -0.15) is 0 Å². The molecule has 1 aromatic carbocycles. The zero-order chi connectivity index (χ0) is 28.9. The van der Waals surface area contributed by atoms with Crippen molar-refractivity contribution in [2.24, 2.45) is 0 Å². The first-order valence-corrected chi connectivity index (χ1v) is 14.0. The van der Waals surface area contributed by atoms with E-state index in [0.29, 0.717) is 24.9 Å². The van der Waals surface area contributed by atoms with Crippen LogP contribution >= 0.6 is 0 Å². The molecule has 4 amide bonds. The van der Waals surface area contributed by atoms with Gasteiger partial charge in [0.25, 0.3) is 0 Å². The first-order valence-electron chi connectivity index (χ1n) is 14.0. The third-order valence-electron chi connectivity index (χ3n) is 7.88. The summed E-state index contributed by atoms with van der Waals surface area (Å²) in [6.07, 6.45) is 15.0. The molecule has 216 valence electrons. The van der Waals surface area contributed by atoms with Crippen LogP contribution in [-0.2, 0) is 16.1 Å². The van der Waals surface area contributed by atoms with Crippen LogP contribution in [0.15, 0.2) is 83.7 Å². The number of aliphatic hydroxyl groups excluding tert-OH is 1. The zero-order valence-electron chi connectivity index (χ0n) is 23.2. The van der Waals surface area contributed by atoms with E-state index in [1.165, 1.54) is 16.0 Å². The SMILES string of the molecule is CN1CC(=O)N2C(CCN(Cc3ccccc3F)C(=O)[C@@H]2CC2=CC=C(O)CC=C2)N1C(=O)NCC1=CC=CCC1. The Morgan fingerprint density at radius 2 is 1.98 bits per heavy atom.